The second-order valence-electron chi connectivity index (χ2n) is 6.40. The molecule has 1 N–H and O–H groups in total. The molecule has 1 spiro atoms. The number of rotatable bonds is 7. The highest BCUT2D eigenvalue weighted by Crippen LogP contribution is 2.42. The van der Waals surface area contributed by atoms with Gasteiger partial charge in [0.15, 0.2) is 0 Å². The van der Waals surface area contributed by atoms with Gasteiger partial charge in [-0.3, -0.25) is 10.1 Å². The Morgan fingerprint density at radius 2 is 2.00 bits per heavy atom. The first kappa shape index (κ1) is 14.8. The second kappa shape index (κ2) is 5.80. The number of amides is 1. The molecule has 2 rings (SSSR count). The third-order valence-corrected chi connectivity index (χ3v) is 4.49. The van der Waals surface area contributed by atoms with Crippen molar-refractivity contribution in [2.75, 3.05) is 26.2 Å². The van der Waals surface area contributed by atoms with Crippen molar-refractivity contribution in [3.63, 3.8) is 0 Å². The van der Waals surface area contributed by atoms with E-state index in [0.717, 1.165) is 45.4 Å². The molecule has 1 saturated heterocycles. The molecule has 0 aromatic rings. The molecule has 110 valence electrons. The zero-order chi connectivity index (χ0) is 14.0. The molecular formula is C15H29N3O. The van der Waals surface area contributed by atoms with Gasteiger partial charge < -0.3 is 9.80 Å². The van der Waals surface area contributed by atoms with Crippen molar-refractivity contribution in [2.45, 2.75) is 58.7 Å². The van der Waals surface area contributed by atoms with E-state index >= 15 is 0 Å². The van der Waals surface area contributed by atoms with Crippen LogP contribution in [0.5, 0.6) is 0 Å². The predicted octanol–water partition coefficient (Wildman–Crippen LogP) is 1.66. The summed E-state index contributed by atoms with van der Waals surface area (Å²) < 4.78 is 0. The van der Waals surface area contributed by atoms with Crippen LogP contribution in [0.4, 0.5) is 0 Å². The second-order valence-corrected chi connectivity index (χ2v) is 6.40. The maximum absolute atomic E-state index is 12.5. The number of hydrogen-bond acceptors (Lipinski definition) is 3. The minimum absolute atomic E-state index is 0.164. The summed E-state index contributed by atoms with van der Waals surface area (Å²) in [4.78, 5) is 17.0. The van der Waals surface area contributed by atoms with Gasteiger partial charge in [-0.1, -0.05) is 27.7 Å². The Morgan fingerprint density at radius 3 is 2.47 bits per heavy atom. The van der Waals surface area contributed by atoms with Crippen LogP contribution in [0.2, 0.25) is 0 Å². The van der Waals surface area contributed by atoms with Crippen molar-refractivity contribution in [1.82, 2.24) is 15.1 Å². The number of carbonyl (C=O) groups excluding carboxylic acids is 1. The molecule has 1 unspecified atom stereocenters. The lowest BCUT2D eigenvalue weighted by atomic mass is 10.1. The molecule has 1 aliphatic carbocycles. The minimum atomic E-state index is -0.164. The summed E-state index contributed by atoms with van der Waals surface area (Å²) >= 11 is 0. The number of likely N-dealkylation sites (N-methyl/N-ethyl adjacent to an activating group) is 1. The Hall–Kier alpha value is -0.610. The van der Waals surface area contributed by atoms with Crippen molar-refractivity contribution in [2.24, 2.45) is 5.92 Å². The third-order valence-electron chi connectivity index (χ3n) is 4.49. The highest BCUT2D eigenvalue weighted by Gasteiger charge is 2.58. The molecule has 1 heterocycles. The van der Waals surface area contributed by atoms with Crippen molar-refractivity contribution in [3.05, 3.63) is 0 Å². The fourth-order valence-corrected chi connectivity index (χ4v) is 3.04. The van der Waals surface area contributed by atoms with E-state index < -0.39 is 0 Å². The van der Waals surface area contributed by atoms with E-state index in [2.05, 4.69) is 42.8 Å². The Kier molecular flexibility index (Phi) is 4.51. The van der Waals surface area contributed by atoms with Crippen LogP contribution >= 0.6 is 0 Å². The molecule has 2 fully saturated rings. The normalized spacial score (nSPS) is 25.1. The van der Waals surface area contributed by atoms with Gasteiger partial charge in [-0.2, -0.15) is 0 Å². The lowest BCUT2D eigenvalue weighted by molar-refractivity contribution is -0.131. The van der Waals surface area contributed by atoms with Gasteiger partial charge in [0.05, 0.1) is 11.7 Å². The fraction of sp³-hybridized carbons (Fsp3) is 0.933. The zero-order valence-corrected chi connectivity index (χ0v) is 12.9. The number of hydrogen-bond donors (Lipinski definition) is 1. The molecule has 19 heavy (non-hydrogen) atoms. The largest absolute Gasteiger partial charge is 0.324 e. The summed E-state index contributed by atoms with van der Waals surface area (Å²) in [6, 6.07) is 0. The maximum atomic E-state index is 12.5. The van der Waals surface area contributed by atoms with E-state index in [9.17, 15) is 4.79 Å². The molecular weight excluding hydrogens is 238 g/mol. The lowest BCUT2D eigenvalue weighted by Crippen LogP contribution is -2.43. The van der Waals surface area contributed by atoms with Gasteiger partial charge in [-0.15, -0.1) is 0 Å². The Labute approximate surface area is 117 Å². The summed E-state index contributed by atoms with van der Waals surface area (Å²) in [5, 5.41) is 3.59. The van der Waals surface area contributed by atoms with Crippen LogP contribution in [0.1, 0.15) is 47.0 Å². The van der Waals surface area contributed by atoms with Crippen LogP contribution in [-0.2, 0) is 4.79 Å². The monoisotopic (exact) mass is 267 g/mol. The van der Waals surface area contributed by atoms with Crippen LogP contribution in [0.3, 0.4) is 0 Å². The molecule has 1 aliphatic heterocycles. The Balaban J connectivity index is 1.96. The fourth-order valence-electron chi connectivity index (χ4n) is 3.04. The molecule has 1 atom stereocenters. The van der Waals surface area contributed by atoms with Crippen LogP contribution in [0, 0.1) is 5.92 Å². The van der Waals surface area contributed by atoms with Gasteiger partial charge in [0.2, 0.25) is 5.91 Å². The van der Waals surface area contributed by atoms with Gasteiger partial charge >= 0.3 is 0 Å². The van der Waals surface area contributed by atoms with E-state index in [1.54, 1.807) is 0 Å². The van der Waals surface area contributed by atoms with Crippen LogP contribution in [0.15, 0.2) is 0 Å². The van der Waals surface area contributed by atoms with Crippen molar-refractivity contribution in [1.29, 1.82) is 0 Å². The first-order valence-electron chi connectivity index (χ1n) is 7.83. The van der Waals surface area contributed by atoms with Crippen molar-refractivity contribution < 1.29 is 4.79 Å². The SMILES string of the molecule is CCN(CC)CCN1C(=O)C2(CC2)NC1CC(C)C. The lowest BCUT2D eigenvalue weighted by Gasteiger charge is -2.28. The van der Waals surface area contributed by atoms with E-state index in [1.807, 2.05) is 0 Å². The van der Waals surface area contributed by atoms with Crippen LogP contribution in [-0.4, -0.2) is 53.6 Å². The van der Waals surface area contributed by atoms with Gasteiger partial charge in [-0.25, -0.2) is 0 Å². The molecule has 0 bridgehead atoms. The molecule has 0 radical (unpaired) electrons. The van der Waals surface area contributed by atoms with Gasteiger partial charge in [-0.05, 0) is 38.3 Å². The topological polar surface area (TPSA) is 35.6 Å². The highest BCUT2D eigenvalue weighted by atomic mass is 16.2. The van der Waals surface area contributed by atoms with Gasteiger partial charge in [0.1, 0.15) is 0 Å². The summed E-state index contributed by atoms with van der Waals surface area (Å²) in [6.45, 7) is 12.8. The molecule has 0 aromatic carbocycles. The average molecular weight is 267 g/mol. The highest BCUT2D eigenvalue weighted by molar-refractivity contribution is 5.91. The Bertz CT molecular complexity index is 321. The van der Waals surface area contributed by atoms with Crippen molar-refractivity contribution in [3.8, 4) is 0 Å². The third kappa shape index (κ3) is 3.11. The van der Waals surface area contributed by atoms with E-state index in [4.69, 9.17) is 0 Å². The number of nitrogens with zero attached hydrogens (tertiary/aromatic N) is 2. The van der Waals surface area contributed by atoms with E-state index in [1.165, 1.54) is 0 Å². The van der Waals surface area contributed by atoms with Gasteiger partial charge in [0.25, 0.3) is 0 Å². The average Bonchev–Trinajstić information content (AvgIpc) is 3.09. The summed E-state index contributed by atoms with van der Waals surface area (Å²) in [5.41, 5.74) is -0.164. The number of nitrogens with one attached hydrogen (secondary N) is 1. The molecule has 1 amide bonds. The zero-order valence-electron chi connectivity index (χ0n) is 12.9. The molecule has 2 aliphatic rings. The number of carbonyl (C=O) groups is 1. The molecule has 4 nitrogen and oxygen atoms in total. The first-order chi connectivity index (χ1) is 9.02. The van der Waals surface area contributed by atoms with Gasteiger partial charge in [0, 0.05) is 13.1 Å². The smallest absolute Gasteiger partial charge is 0.244 e. The Morgan fingerprint density at radius 1 is 1.37 bits per heavy atom. The predicted molar refractivity (Wildman–Crippen MR) is 77.8 cm³/mol. The molecule has 0 aromatic heterocycles. The minimum Gasteiger partial charge on any atom is -0.324 e. The van der Waals surface area contributed by atoms with Crippen LogP contribution < -0.4 is 5.32 Å². The summed E-state index contributed by atoms with van der Waals surface area (Å²) in [6.07, 6.45) is 3.38. The standard InChI is InChI=1S/C15H29N3O/c1-5-17(6-2)9-10-18-13(11-12(3)4)16-15(7-8-15)14(18)19/h12-13,16H,5-11H2,1-4H3. The molecule has 4 heteroatoms. The molecule has 1 saturated carbocycles. The van der Waals surface area contributed by atoms with E-state index in [0.29, 0.717) is 11.8 Å². The summed E-state index contributed by atoms with van der Waals surface area (Å²) in [5.74, 6) is 0.973. The maximum Gasteiger partial charge on any atom is 0.244 e. The van der Waals surface area contributed by atoms with E-state index in [-0.39, 0.29) is 11.7 Å². The summed E-state index contributed by atoms with van der Waals surface area (Å²) in [7, 11) is 0. The quantitative estimate of drug-likeness (QED) is 0.762. The van der Waals surface area contributed by atoms with Crippen LogP contribution in [0.25, 0.3) is 0 Å². The van der Waals surface area contributed by atoms with Crippen molar-refractivity contribution >= 4 is 5.91 Å². The first-order valence-corrected chi connectivity index (χ1v) is 7.83.